The van der Waals surface area contributed by atoms with E-state index in [0.29, 0.717) is 5.41 Å². The standard InChI is InChI=1S/C20H28N2OS/c1-17-4-5-18(23-17)15-21-10-6-20(7-11-21)8-12-22(13-9-20)16-19-3-2-14-24-19/h2-5,14H,6-13,15-16H2,1H3. The van der Waals surface area contributed by atoms with Crippen molar-refractivity contribution in [3.8, 4) is 0 Å². The molecule has 2 aromatic heterocycles. The second kappa shape index (κ2) is 7.03. The lowest BCUT2D eigenvalue weighted by Crippen LogP contribution is -2.46. The van der Waals surface area contributed by atoms with Gasteiger partial charge in [-0.2, -0.15) is 0 Å². The van der Waals surface area contributed by atoms with Crippen LogP contribution in [0.25, 0.3) is 0 Å². The highest BCUT2D eigenvalue weighted by Crippen LogP contribution is 2.41. The molecule has 4 heterocycles. The maximum Gasteiger partial charge on any atom is 0.118 e. The molecule has 0 bridgehead atoms. The summed E-state index contributed by atoms with van der Waals surface area (Å²) < 4.78 is 5.74. The van der Waals surface area contributed by atoms with Gasteiger partial charge in [-0.1, -0.05) is 6.07 Å². The molecule has 0 radical (unpaired) electrons. The average molecular weight is 345 g/mol. The van der Waals surface area contributed by atoms with Gasteiger partial charge in [0.05, 0.1) is 6.54 Å². The van der Waals surface area contributed by atoms with E-state index < -0.39 is 0 Å². The number of likely N-dealkylation sites (tertiary alicyclic amines) is 2. The molecule has 0 saturated carbocycles. The maximum absolute atomic E-state index is 5.74. The van der Waals surface area contributed by atoms with Crippen LogP contribution < -0.4 is 0 Å². The molecule has 4 heteroatoms. The highest BCUT2D eigenvalue weighted by Gasteiger charge is 2.37. The van der Waals surface area contributed by atoms with Crippen LogP contribution in [0.4, 0.5) is 0 Å². The Morgan fingerprint density at radius 2 is 1.62 bits per heavy atom. The fourth-order valence-corrected chi connectivity index (χ4v) is 5.03. The third kappa shape index (κ3) is 3.76. The molecule has 4 rings (SSSR count). The minimum Gasteiger partial charge on any atom is -0.465 e. The number of piperidine rings is 2. The van der Waals surface area contributed by atoms with Gasteiger partial charge >= 0.3 is 0 Å². The van der Waals surface area contributed by atoms with Crippen molar-refractivity contribution in [3.63, 3.8) is 0 Å². The minimum atomic E-state index is 0.613. The Hall–Kier alpha value is -1.10. The van der Waals surface area contributed by atoms with Crippen molar-refractivity contribution in [1.29, 1.82) is 0 Å². The van der Waals surface area contributed by atoms with Crippen LogP contribution in [-0.2, 0) is 13.1 Å². The summed E-state index contributed by atoms with van der Waals surface area (Å²) in [5.74, 6) is 2.14. The van der Waals surface area contributed by atoms with Gasteiger partial charge < -0.3 is 4.42 Å². The van der Waals surface area contributed by atoms with Crippen molar-refractivity contribution in [3.05, 3.63) is 46.0 Å². The summed E-state index contributed by atoms with van der Waals surface area (Å²) in [6, 6.07) is 8.64. The number of hydrogen-bond donors (Lipinski definition) is 0. The van der Waals surface area contributed by atoms with Gasteiger partial charge in [0.25, 0.3) is 0 Å². The monoisotopic (exact) mass is 344 g/mol. The van der Waals surface area contributed by atoms with E-state index in [1.165, 1.54) is 56.7 Å². The van der Waals surface area contributed by atoms with Gasteiger partial charge in [0.15, 0.2) is 0 Å². The van der Waals surface area contributed by atoms with Crippen LogP contribution >= 0.6 is 11.3 Å². The molecule has 0 amide bonds. The minimum absolute atomic E-state index is 0.613. The van der Waals surface area contributed by atoms with Gasteiger partial charge in [-0.15, -0.1) is 11.3 Å². The molecule has 2 saturated heterocycles. The van der Waals surface area contributed by atoms with E-state index >= 15 is 0 Å². The van der Waals surface area contributed by atoms with E-state index in [2.05, 4.69) is 39.4 Å². The van der Waals surface area contributed by atoms with E-state index in [1.807, 2.05) is 18.3 Å². The second-order valence-corrected chi connectivity index (χ2v) is 8.68. The molecule has 0 atom stereocenters. The van der Waals surface area contributed by atoms with Crippen LogP contribution in [0.3, 0.4) is 0 Å². The average Bonchev–Trinajstić information content (AvgIpc) is 3.24. The molecular formula is C20H28N2OS. The van der Waals surface area contributed by atoms with Gasteiger partial charge in [-0.25, -0.2) is 0 Å². The number of thiophene rings is 1. The van der Waals surface area contributed by atoms with E-state index in [9.17, 15) is 0 Å². The summed E-state index contributed by atoms with van der Waals surface area (Å²) in [7, 11) is 0. The Kier molecular flexibility index (Phi) is 4.79. The molecule has 0 aliphatic carbocycles. The van der Waals surface area contributed by atoms with E-state index in [0.717, 1.165) is 24.6 Å². The first kappa shape index (κ1) is 16.4. The molecule has 0 aromatic carbocycles. The molecular weight excluding hydrogens is 316 g/mol. The van der Waals surface area contributed by atoms with Crippen LogP contribution in [0.2, 0.25) is 0 Å². The molecule has 3 nitrogen and oxygen atoms in total. The zero-order valence-corrected chi connectivity index (χ0v) is 15.5. The van der Waals surface area contributed by atoms with Crippen molar-refractivity contribution < 1.29 is 4.42 Å². The lowest BCUT2D eigenvalue weighted by atomic mass is 9.71. The number of nitrogens with zero attached hydrogens (tertiary/aromatic N) is 2. The lowest BCUT2D eigenvalue weighted by molar-refractivity contribution is 0.0283. The van der Waals surface area contributed by atoms with Gasteiger partial charge in [0, 0.05) is 11.4 Å². The van der Waals surface area contributed by atoms with Gasteiger partial charge in [-0.3, -0.25) is 9.80 Å². The molecule has 0 N–H and O–H groups in total. The number of rotatable bonds is 4. The first-order valence-electron chi connectivity index (χ1n) is 9.23. The molecule has 1 spiro atoms. The Morgan fingerprint density at radius 1 is 0.958 bits per heavy atom. The maximum atomic E-state index is 5.74. The highest BCUT2D eigenvalue weighted by atomic mass is 32.1. The normalized spacial score (nSPS) is 22.2. The molecule has 2 fully saturated rings. The van der Waals surface area contributed by atoms with Crippen molar-refractivity contribution >= 4 is 11.3 Å². The summed E-state index contributed by atoms with van der Waals surface area (Å²) in [5.41, 5.74) is 0.613. The topological polar surface area (TPSA) is 19.6 Å². The fraction of sp³-hybridized carbons (Fsp3) is 0.600. The van der Waals surface area contributed by atoms with Crippen LogP contribution in [0.5, 0.6) is 0 Å². The van der Waals surface area contributed by atoms with Gasteiger partial charge in [-0.05, 0) is 87.8 Å². The zero-order valence-electron chi connectivity index (χ0n) is 14.7. The smallest absolute Gasteiger partial charge is 0.118 e. The summed E-state index contributed by atoms with van der Waals surface area (Å²) >= 11 is 1.89. The van der Waals surface area contributed by atoms with Crippen molar-refractivity contribution in [2.45, 2.75) is 45.7 Å². The van der Waals surface area contributed by atoms with E-state index in [-0.39, 0.29) is 0 Å². The number of hydrogen-bond acceptors (Lipinski definition) is 4. The summed E-state index contributed by atoms with van der Waals surface area (Å²) in [6.07, 6.45) is 5.48. The van der Waals surface area contributed by atoms with Gasteiger partial charge in [0.1, 0.15) is 11.5 Å². The fourth-order valence-electron chi connectivity index (χ4n) is 4.28. The predicted molar refractivity (Wildman–Crippen MR) is 99.2 cm³/mol. The Bertz CT molecular complexity index is 630. The molecule has 2 aromatic rings. The summed E-state index contributed by atoms with van der Waals surface area (Å²) in [6.45, 7) is 9.16. The molecule has 2 aliphatic heterocycles. The van der Waals surface area contributed by atoms with Crippen molar-refractivity contribution in [2.75, 3.05) is 26.2 Å². The number of furan rings is 1. The second-order valence-electron chi connectivity index (χ2n) is 7.64. The molecule has 2 aliphatic rings. The molecule has 130 valence electrons. The summed E-state index contributed by atoms with van der Waals surface area (Å²) in [5, 5.41) is 2.19. The predicted octanol–water partition coefficient (Wildman–Crippen LogP) is 4.53. The van der Waals surface area contributed by atoms with Crippen LogP contribution in [0, 0.1) is 12.3 Å². The highest BCUT2D eigenvalue weighted by molar-refractivity contribution is 7.09. The first-order valence-corrected chi connectivity index (χ1v) is 10.1. The lowest BCUT2D eigenvalue weighted by Gasteiger charge is -2.46. The third-order valence-electron chi connectivity index (χ3n) is 5.97. The third-order valence-corrected chi connectivity index (χ3v) is 6.83. The van der Waals surface area contributed by atoms with Crippen LogP contribution in [0.1, 0.15) is 42.1 Å². The largest absolute Gasteiger partial charge is 0.465 e. The number of aryl methyl sites for hydroxylation is 1. The van der Waals surface area contributed by atoms with Gasteiger partial charge in [0.2, 0.25) is 0 Å². The Balaban J connectivity index is 1.25. The van der Waals surface area contributed by atoms with E-state index in [4.69, 9.17) is 4.42 Å². The van der Waals surface area contributed by atoms with Crippen LogP contribution in [-0.4, -0.2) is 36.0 Å². The zero-order chi connectivity index (χ0) is 16.4. The first-order chi connectivity index (χ1) is 11.7. The van der Waals surface area contributed by atoms with E-state index in [1.54, 1.807) is 0 Å². The SMILES string of the molecule is Cc1ccc(CN2CCC3(CC2)CCN(Cc2cccs2)CC3)o1. The Morgan fingerprint density at radius 3 is 2.17 bits per heavy atom. The quantitative estimate of drug-likeness (QED) is 0.812. The summed E-state index contributed by atoms with van der Waals surface area (Å²) in [4.78, 5) is 6.73. The van der Waals surface area contributed by atoms with Crippen molar-refractivity contribution in [2.24, 2.45) is 5.41 Å². The van der Waals surface area contributed by atoms with Crippen LogP contribution in [0.15, 0.2) is 34.1 Å². The molecule has 0 unspecified atom stereocenters. The van der Waals surface area contributed by atoms with Crippen molar-refractivity contribution in [1.82, 2.24) is 9.80 Å². The molecule has 24 heavy (non-hydrogen) atoms. The Labute approximate surface area is 149 Å².